The van der Waals surface area contributed by atoms with Gasteiger partial charge in [-0.25, -0.2) is 0 Å². The van der Waals surface area contributed by atoms with Crippen LogP contribution in [-0.4, -0.2) is 65.6 Å². The summed E-state index contributed by atoms with van der Waals surface area (Å²) in [6, 6.07) is 0. The van der Waals surface area contributed by atoms with Gasteiger partial charge in [0.15, 0.2) is 0 Å². The Kier molecular flexibility index (Phi) is 14.3. The third-order valence-electron chi connectivity index (χ3n) is 2.79. The lowest BCUT2D eigenvalue weighted by Crippen LogP contribution is -2.15. The zero-order valence-electron chi connectivity index (χ0n) is 15.2. The van der Waals surface area contributed by atoms with Gasteiger partial charge >= 0.3 is 0 Å². The molecule has 0 aliphatic carbocycles. The Morgan fingerprint density at radius 1 is 0.591 bits per heavy atom. The lowest BCUT2D eigenvalue weighted by atomic mass is 9.93. The fourth-order valence-corrected chi connectivity index (χ4v) is 1.48. The van der Waals surface area contributed by atoms with E-state index in [0.717, 1.165) is 13.0 Å². The lowest BCUT2D eigenvalue weighted by molar-refractivity contribution is -0.0184. The Labute approximate surface area is 136 Å². The standard InChI is InChI=1S/C17H36O5/c1-16(2)22-15-14-21-13-12-20-11-10-19-9-8-18-7-6-17(3,4)5/h16H,6-15H2,1-5H3. The van der Waals surface area contributed by atoms with Gasteiger partial charge in [-0.1, -0.05) is 20.8 Å². The van der Waals surface area contributed by atoms with E-state index < -0.39 is 0 Å². The number of rotatable bonds is 15. The smallest absolute Gasteiger partial charge is 0.0703 e. The van der Waals surface area contributed by atoms with Crippen molar-refractivity contribution in [2.75, 3.05) is 59.5 Å². The first kappa shape index (κ1) is 21.8. The van der Waals surface area contributed by atoms with E-state index in [-0.39, 0.29) is 6.10 Å². The summed E-state index contributed by atoms with van der Waals surface area (Å²) in [4.78, 5) is 0. The molecule has 0 fully saturated rings. The maximum atomic E-state index is 5.51. The first-order valence-corrected chi connectivity index (χ1v) is 8.34. The fourth-order valence-electron chi connectivity index (χ4n) is 1.48. The quantitative estimate of drug-likeness (QED) is 0.434. The van der Waals surface area contributed by atoms with E-state index in [2.05, 4.69) is 20.8 Å². The van der Waals surface area contributed by atoms with E-state index in [9.17, 15) is 0 Å². The molecule has 0 unspecified atom stereocenters. The highest BCUT2D eigenvalue weighted by molar-refractivity contribution is 4.59. The average molecular weight is 320 g/mol. The van der Waals surface area contributed by atoms with Crippen LogP contribution in [0.15, 0.2) is 0 Å². The van der Waals surface area contributed by atoms with Crippen molar-refractivity contribution in [3.8, 4) is 0 Å². The summed E-state index contributed by atoms with van der Waals surface area (Å²) in [7, 11) is 0. The first-order valence-electron chi connectivity index (χ1n) is 8.34. The van der Waals surface area contributed by atoms with Gasteiger partial charge in [-0.05, 0) is 25.7 Å². The minimum Gasteiger partial charge on any atom is -0.379 e. The second kappa shape index (κ2) is 14.4. The highest BCUT2D eigenvalue weighted by Crippen LogP contribution is 2.17. The normalized spacial score (nSPS) is 12.3. The van der Waals surface area contributed by atoms with Gasteiger partial charge in [-0.2, -0.15) is 0 Å². The average Bonchev–Trinajstić information content (AvgIpc) is 2.41. The molecule has 0 heterocycles. The number of ether oxygens (including phenoxy) is 5. The molecule has 134 valence electrons. The van der Waals surface area contributed by atoms with Gasteiger partial charge in [-0.3, -0.25) is 0 Å². The topological polar surface area (TPSA) is 46.2 Å². The van der Waals surface area contributed by atoms with E-state index in [1.165, 1.54) is 0 Å². The van der Waals surface area contributed by atoms with Gasteiger partial charge in [0.05, 0.1) is 59.0 Å². The van der Waals surface area contributed by atoms with Crippen LogP contribution in [0.25, 0.3) is 0 Å². The van der Waals surface area contributed by atoms with Crippen LogP contribution < -0.4 is 0 Å². The lowest BCUT2D eigenvalue weighted by Gasteiger charge is -2.17. The Morgan fingerprint density at radius 3 is 1.32 bits per heavy atom. The van der Waals surface area contributed by atoms with Crippen molar-refractivity contribution in [2.45, 2.75) is 47.1 Å². The molecule has 0 amide bonds. The molecule has 0 saturated heterocycles. The third-order valence-corrected chi connectivity index (χ3v) is 2.79. The second-order valence-corrected chi connectivity index (χ2v) is 6.68. The van der Waals surface area contributed by atoms with Gasteiger partial charge in [-0.15, -0.1) is 0 Å². The Morgan fingerprint density at radius 2 is 0.955 bits per heavy atom. The molecule has 22 heavy (non-hydrogen) atoms. The summed E-state index contributed by atoms with van der Waals surface area (Å²) in [6.45, 7) is 16.4. The predicted molar refractivity (Wildman–Crippen MR) is 88.4 cm³/mol. The van der Waals surface area contributed by atoms with Gasteiger partial charge < -0.3 is 23.7 Å². The predicted octanol–water partition coefficient (Wildman–Crippen LogP) is 2.91. The number of hydrogen-bond donors (Lipinski definition) is 0. The van der Waals surface area contributed by atoms with Crippen LogP contribution in [0.5, 0.6) is 0 Å². The molecule has 0 radical (unpaired) electrons. The fraction of sp³-hybridized carbons (Fsp3) is 1.00. The Hall–Kier alpha value is -0.200. The molecule has 0 aliphatic heterocycles. The minimum atomic E-state index is 0.259. The molecule has 5 heteroatoms. The minimum absolute atomic E-state index is 0.259. The summed E-state index contributed by atoms with van der Waals surface area (Å²) in [5.41, 5.74) is 0.331. The SMILES string of the molecule is CC(C)OCCOCCOCCOCCOCCC(C)(C)C. The zero-order chi connectivity index (χ0) is 16.7. The van der Waals surface area contributed by atoms with Gasteiger partial charge in [0.1, 0.15) is 0 Å². The van der Waals surface area contributed by atoms with Crippen LogP contribution in [0.4, 0.5) is 0 Å². The zero-order valence-corrected chi connectivity index (χ0v) is 15.2. The van der Waals surface area contributed by atoms with Crippen molar-refractivity contribution in [1.82, 2.24) is 0 Å². The summed E-state index contributed by atoms with van der Waals surface area (Å²) in [5, 5.41) is 0. The van der Waals surface area contributed by atoms with Crippen LogP contribution in [0, 0.1) is 5.41 Å². The van der Waals surface area contributed by atoms with Crippen molar-refractivity contribution < 1.29 is 23.7 Å². The molecular weight excluding hydrogens is 284 g/mol. The molecule has 0 spiro atoms. The Bertz CT molecular complexity index is 226. The third kappa shape index (κ3) is 19.8. The summed E-state index contributed by atoms with van der Waals surface area (Å²) in [6.07, 6.45) is 1.33. The van der Waals surface area contributed by atoms with E-state index in [0.29, 0.717) is 58.3 Å². The maximum absolute atomic E-state index is 5.51. The molecule has 0 atom stereocenters. The molecule has 0 rings (SSSR count). The largest absolute Gasteiger partial charge is 0.379 e. The van der Waals surface area contributed by atoms with Crippen LogP contribution in [0.1, 0.15) is 41.0 Å². The first-order chi connectivity index (χ1) is 10.4. The highest BCUT2D eigenvalue weighted by Gasteiger charge is 2.08. The molecule has 0 N–H and O–H groups in total. The molecule has 0 aromatic rings. The van der Waals surface area contributed by atoms with Crippen LogP contribution in [0.3, 0.4) is 0 Å². The molecular formula is C17H36O5. The van der Waals surface area contributed by atoms with Crippen molar-refractivity contribution in [3.05, 3.63) is 0 Å². The van der Waals surface area contributed by atoms with Crippen molar-refractivity contribution in [2.24, 2.45) is 5.41 Å². The van der Waals surface area contributed by atoms with E-state index in [1.54, 1.807) is 0 Å². The van der Waals surface area contributed by atoms with Crippen molar-refractivity contribution in [3.63, 3.8) is 0 Å². The summed E-state index contributed by atoms with van der Waals surface area (Å²) >= 11 is 0. The van der Waals surface area contributed by atoms with Crippen molar-refractivity contribution in [1.29, 1.82) is 0 Å². The van der Waals surface area contributed by atoms with Gasteiger partial charge in [0, 0.05) is 6.61 Å². The van der Waals surface area contributed by atoms with E-state index in [1.807, 2.05) is 13.8 Å². The molecule has 0 aromatic heterocycles. The highest BCUT2D eigenvalue weighted by atomic mass is 16.6. The maximum Gasteiger partial charge on any atom is 0.0703 e. The molecule has 0 saturated carbocycles. The second-order valence-electron chi connectivity index (χ2n) is 6.68. The Balaban J connectivity index is 3.03. The van der Waals surface area contributed by atoms with Gasteiger partial charge in [0.25, 0.3) is 0 Å². The molecule has 0 aliphatic rings. The number of hydrogen-bond acceptors (Lipinski definition) is 5. The van der Waals surface area contributed by atoms with E-state index in [4.69, 9.17) is 23.7 Å². The van der Waals surface area contributed by atoms with Crippen LogP contribution in [0.2, 0.25) is 0 Å². The van der Waals surface area contributed by atoms with Crippen molar-refractivity contribution >= 4 is 0 Å². The molecule has 5 nitrogen and oxygen atoms in total. The van der Waals surface area contributed by atoms with Crippen LogP contribution >= 0.6 is 0 Å². The molecule has 0 aromatic carbocycles. The van der Waals surface area contributed by atoms with E-state index >= 15 is 0 Å². The summed E-state index contributed by atoms with van der Waals surface area (Å²) < 4.78 is 27.1. The van der Waals surface area contributed by atoms with Crippen LogP contribution in [-0.2, 0) is 23.7 Å². The van der Waals surface area contributed by atoms with Gasteiger partial charge in [0.2, 0.25) is 0 Å². The molecule has 0 bridgehead atoms. The monoisotopic (exact) mass is 320 g/mol. The summed E-state index contributed by atoms with van der Waals surface area (Å²) in [5.74, 6) is 0.